The zero-order chi connectivity index (χ0) is 26.0. The van der Waals surface area contributed by atoms with Crippen LogP contribution in [0.25, 0.3) is 0 Å². The lowest BCUT2D eigenvalue weighted by Gasteiger charge is -2.33. The van der Waals surface area contributed by atoms with Gasteiger partial charge in [0.05, 0.1) is 19.3 Å². The van der Waals surface area contributed by atoms with Crippen LogP contribution in [-0.2, 0) is 19.7 Å². The topological polar surface area (TPSA) is 71.1 Å². The maximum atomic E-state index is 14.0. The number of halogens is 1. The minimum atomic E-state index is -0.754. The number of carbonyl (C=O) groups excluding carboxylic acids is 2. The Bertz CT molecular complexity index is 970. The van der Waals surface area contributed by atoms with Gasteiger partial charge in [-0.2, -0.15) is 0 Å². The van der Waals surface area contributed by atoms with Crippen molar-refractivity contribution in [1.29, 1.82) is 0 Å². The molecule has 1 aromatic carbocycles. The number of nitrogens with one attached hydrogen (secondary N) is 1. The highest BCUT2D eigenvalue weighted by Crippen LogP contribution is 2.42. The lowest BCUT2D eigenvalue weighted by atomic mass is 9.85. The number of hydrogen-bond donors (Lipinski definition) is 1. The summed E-state index contributed by atoms with van der Waals surface area (Å²) in [4.78, 5) is 30.6. The summed E-state index contributed by atoms with van der Waals surface area (Å²) in [5.41, 5.74) is 1.87. The minimum absolute atomic E-state index is 0.0758. The summed E-state index contributed by atoms with van der Waals surface area (Å²) in [5, 5.41) is 3.13. The highest BCUT2D eigenvalue weighted by Gasteiger charge is 2.40. The van der Waals surface area contributed by atoms with Gasteiger partial charge in [0.25, 0.3) is 5.91 Å². The van der Waals surface area contributed by atoms with Crippen molar-refractivity contribution in [3.05, 3.63) is 29.6 Å². The predicted octanol–water partition coefficient (Wildman–Crippen LogP) is 4.63. The van der Waals surface area contributed by atoms with Gasteiger partial charge in [0.1, 0.15) is 5.82 Å². The third-order valence-electron chi connectivity index (χ3n) is 8.65. The molecule has 2 amide bonds. The second-order valence-corrected chi connectivity index (χ2v) is 12.1. The fourth-order valence-electron chi connectivity index (χ4n) is 6.41. The van der Waals surface area contributed by atoms with Crippen molar-refractivity contribution in [2.75, 3.05) is 44.3 Å². The highest BCUT2D eigenvalue weighted by molar-refractivity contribution is 5.83. The van der Waals surface area contributed by atoms with Gasteiger partial charge in [-0.05, 0) is 54.9 Å². The van der Waals surface area contributed by atoms with E-state index < -0.39 is 12.2 Å². The molecule has 1 saturated heterocycles. The predicted molar refractivity (Wildman–Crippen MR) is 140 cm³/mol. The van der Waals surface area contributed by atoms with Crippen molar-refractivity contribution < 1.29 is 23.5 Å². The van der Waals surface area contributed by atoms with Crippen molar-refractivity contribution in [2.45, 2.75) is 82.8 Å². The van der Waals surface area contributed by atoms with E-state index in [0.29, 0.717) is 51.1 Å². The van der Waals surface area contributed by atoms with Crippen molar-refractivity contribution in [1.82, 2.24) is 10.2 Å². The third-order valence-corrected chi connectivity index (χ3v) is 8.65. The number of carbonyl (C=O) groups is 2. The first kappa shape index (κ1) is 26.3. The molecule has 37 heavy (non-hydrogen) atoms. The molecule has 2 atom stereocenters. The molecule has 0 aromatic heterocycles. The maximum Gasteiger partial charge on any atom is 0.408 e. The molecule has 2 aliphatic heterocycles. The van der Waals surface area contributed by atoms with Crippen LogP contribution in [0.5, 0.6) is 0 Å². The van der Waals surface area contributed by atoms with Crippen LogP contribution in [0.3, 0.4) is 0 Å². The Labute approximate surface area is 220 Å². The Morgan fingerprint density at radius 3 is 2.57 bits per heavy atom. The zero-order valence-corrected chi connectivity index (χ0v) is 22.3. The molecule has 8 heteroatoms. The molecular formula is C29H42FN3O4. The molecule has 1 N–H and O–H groups in total. The molecule has 2 unspecified atom stereocenters. The van der Waals surface area contributed by atoms with Gasteiger partial charge < -0.3 is 24.6 Å². The number of anilines is 1. The first-order valence-electron chi connectivity index (χ1n) is 14.2. The van der Waals surface area contributed by atoms with Crippen LogP contribution in [0.1, 0.15) is 70.8 Å². The first-order chi connectivity index (χ1) is 17.8. The number of benzene rings is 1. The molecule has 4 aliphatic rings. The molecule has 0 bridgehead atoms. The SMILES string of the molecule is CC1(C)CN(CC(NC(=O)OC(CC2CCCCC2)C(=O)N2CCOCC2)C2CC2)c2ccc(F)cc21. The molecule has 0 radical (unpaired) electrons. The lowest BCUT2D eigenvalue weighted by molar-refractivity contribution is -0.145. The van der Waals surface area contributed by atoms with Crippen LogP contribution >= 0.6 is 0 Å². The van der Waals surface area contributed by atoms with Gasteiger partial charge >= 0.3 is 6.09 Å². The summed E-state index contributed by atoms with van der Waals surface area (Å²) in [6.45, 7) is 7.81. The molecule has 5 rings (SSSR count). The van der Waals surface area contributed by atoms with Gasteiger partial charge in [0, 0.05) is 37.3 Å². The van der Waals surface area contributed by atoms with E-state index in [2.05, 4.69) is 24.1 Å². The van der Waals surface area contributed by atoms with Gasteiger partial charge in [-0.1, -0.05) is 46.0 Å². The molecule has 2 aliphatic carbocycles. The molecule has 1 aromatic rings. The largest absolute Gasteiger partial charge is 0.436 e. The van der Waals surface area contributed by atoms with Crippen molar-refractivity contribution in [3.63, 3.8) is 0 Å². The third kappa shape index (κ3) is 6.39. The van der Waals surface area contributed by atoms with E-state index >= 15 is 0 Å². The quantitative estimate of drug-likeness (QED) is 0.547. The number of rotatable bonds is 8. The van der Waals surface area contributed by atoms with Crippen molar-refractivity contribution in [2.24, 2.45) is 11.8 Å². The molecule has 2 saturated carbocycles. The van der Waals surface area contributed by atoms with Gasteiger partial charge in [-0.15, -0.1) is 0 Å². The number of ether oxygens (including phenoxy) is 2. The van der Waals surface area contributed by atoms with E-state index in [1.54, 1.807) is 11.0 Å². The Morgan fingerprint density at radius 2 is 1.86 bits per heavy atom. The summed E-state index contributed by atoms with van der Waals surface area (Å²) >= 11 is 0. The first-order valence-corrected chi connectivity index (χ1v) is 14.2. The Hall–Kier alpha value is -2.35. The van der Waals surface area contributed by atoms with Crippen molar-refractivity contribution in [3.8, 4) is 0 Å². The van der Waals surface area contributed by atoms with Gasteiger partial charge in [-0.3, -0.25) is 4.79 Å². The molecule has 0 spiro atoms. The Morgan fingerprint density at radius 1 is 1.14 bits per heavy atom. The Balaban J connectivity index is 1.25. The monoisotopic (exact) mass is 515 g/mol. The molecule has 7 nitrogen and oxygen atoms in total. The number of amides is 2. The number of hydrogen-bond acceptors (Lipinski definition) is 5. The van der Waals surface area contributed by atoms with Crippen LogP contribution in [-0.4, -0.2) is 68.4 Å². The second kappa shape index (κ2) is 11.2. The smallest absolute Gasteiger partial charge is 0.408 e. The normalized spacial score (nSPS) is 23.3. The standard InChI is InChI=1S/C29H42FN3O4/c1-29(2)19-33(25-11-10-22(30)17-23(25)29)18-24(21-8-9-21)31-28(35)37-26(16-20-6-4-3-5-7-20)27(34)32-12-14-36-15-13-32/h10-11,17,20-21,24,26H,3-9,12-16,18-19H2,1-2H3,(H,31,35). The lowest BCUT2D eigenvalue weighted by Crippen LogP contribution is -2.50. The fourth-order valence-corrected chi connectivity index (χ4v) is 6.41. The number of morpholine rings is 1. The summed E-state index contributed by atoms with van der Waals surface area (Å²) in [7, 11) is 0. The number of fused-ring (bicyclic) bond motifs is 1. The maximum absolute atomic E-state index is 14.0. The Kier molecular flexibility index (Phi) is 7.93. The molecular weight excluding hydrogens is 473 g/mol. The van der Waals surface area contributed by atoms with Crippen LogP contribution < -0.4 is 10.2 Å². The van der Waals surface area contributed by atoms with E-state index in [4.69, 9.17) is 9.47 Å². The summed E-state index contributed by atoms with van der Waals surface area (Å²) < 4.78 is 25.3. The van der Waals surface area contributed by atoms with Crippen LogP contribution in [0.2, 0.25) is 0 Å². The molecule has 2 heterocycles. The van der Waals surface area contributed by atoms with E-state index in [9.17, 15) is 14.0 Å². The number of nitrogens with zero attached hydrogens (tertiary/aromatic N) is 2. The average molecular weight is 516 g/mol. The van der Waals surface area contributed by atoms with E-state index in [-0.39, 0.29) is 23.2 Å². The van der Waals surface area contributed by atoms with Crippen LogP contribution in [0.4, 0.5) is 14.9 Å². The van der Waals surface area contributed by atoms with Crippen molar-refractivity contribution >= 4 is 17.7 Å². The van der Waals surface area contributed by atoms with E-state index in [0.717, 1.165) is 43.5 Å². The van der Waals surface area contributed by atoms with E-state index in [1.807, 2.05) is 6.07 Å². The zero-order valence-electron chi connectivity index (χ0n) is 22.3. The second-order valence-electron chi connectivity index (χ2n) is 12.1. The van der Waals surface area contributed by atoms with Crippen LogP contribution in [0.15, 0.2) is 18.2 Å². The molecule has 204 valence electrons. The highest BCUT2D eigenvalue weighted by atomic mass is 19.1. The van der Waals surface area contributed by atoms with Gasteiger partial charge in [-0.25, -0.2) is 9.18 Å². The average Bonchev–Trinajstić information content (AvgIpc) is 3.70. The van der Waals surface area contributed by atoms with Crippen LogP contribution in [0, 0.1) is 17.7 Å². The summed E-state index contributed by atoms with van der Waals surface area (Å²) in [6, 6.07) is 4.92. The molecule has 3 fully saturated rings. The van der Waals surface area contributed by atoms with E-state index in [1.165, 1.54) is 25.3 Å². The van der Waals surface area contributed by atoms with Gasteiger partial charge in [0.15, 0.2) is 6.10 Å². The van der Waals surface area contributed by atoms with Gasteiger partial charge in [0.2, 0.25) is 0 Å². The fraction of sp³-hybridized carbons (Fsp3) is 0.724. The summed E-state index contributed by atoms with van der Waals surface area (Å²) in [6.07, 6.45) is 7.25. The number of alkyl carbamates (subject to hydrolysis) is 1. The minimum Gasteiger partial charge on any atom is -0.436 e. The summed E-state index contributed by atoms with van der Waals surface area (Å²) in [5.74, 6) is 0.499.